The molecule has 7 nitrogen and oxygen atoms in total. The number of ketones is 1. The minimum Gasteiger partial charge on any atom is -0.507 e. The Kier molecular flexibility index (Phi) is 4.55. The van der Waals surface area contributed by atoms with Crippen LogP contribution in [-0.4, -0.2) is 47.7 Å². The van der Waals surface area contributed by atoms with E-state index in [1.54, 1.807) is 24.3 Å². The van der Waals surface area contributed by atoms with Crippen LogP contribution in [0.3, 0.4) is 0 Å². The first-order valence-corrected chi connectivity index (χ1v) is 10.8. The Morgan fingerprint density at radius 2 is 1.89 bits per heavy atom. The predicted octanol–water partition coefficient (Wildman–Crippen LogP) is 2.54. The second-order valence-electron chi connectivity index (χ2n) is 6.79. The third kappa shape index (κ3) is 3.12. The number of carbonyl (C=O) groups is 2. The van der Waals surface area contributed by atoms with Gasteiger partial charge in [0.25, 0.3) is 11.7 Å². The second-order valence-corrected chi connectivity index (χ2v) is 9.45. The molecule has 1 aromatic carbocycles. The summed E-state index contributed by atoms with van der Waals surface area (Å²) in [5.74, 6) is -2.09. The molecule has 0 aliphatic carbocycles. The van der Waals surface area contributed by atoms with Crippen LogP contribution in [0, 0.1) is 0 Å². The van der Waals surface area contributed by atoms with Crippen molar-refractivity contribution in [3.05, 3.63) is 64.6 Å². The second kappa shape index (κ2) is 6.79. The van der Waals surface area contributed by atoms with Crippen molar-refractivity contribution in [2.24, 2.45) is 0 Å². The number of halogens is 1. The van der Waals surface area contributed by atoms with Gasteiger partial charge in [-0.1, -0.05) is 11.6 Å². The SMILES string of the molecule is O=C1C(=O)N([C@@H]2CCS(=O)(=O)C2)[C@@H](c2ccco2)C1=C(O)c1ccc(Cl)cc1. The number of Topliss-reactive ketones (excluding diaryl/α,β-unsaturated/α-hetero) is 1. The highest BCUT2D eigenvalue weighted by Crippen LogP contribution is 2.42. The van der Waals surface area contributed by atoms with E-state index in [1.165, 1.54) is 23.3 Å². The van der Waals surface area contributed by atoms with E-state index in [-0.39, 0.29) is 35.0 Å². The third-order valence-electron chi connectivity index (χ3n) is 5.01. The van der Waals surface area contributed by atoms with Crippen molar-refractivity contribution < 1.29 is 27.5 Å². The molecule has 3 heterocycles. The van der Waals surface area contributed by atoms with Crippen LogP contribution in [-0.2, 0) is 19.4 Å². The van der Waals surface area contributed by atoms with Crippen LogP contribution in [0.2, 0.25) is 5.02 Å². The van der Waals surface area contributed by atoms with Gasteiger partial charge in [0.05, 0.1) is 23.3 Å². The van der Waals surface area contributed by atoms with Crippen LogP contribution in [0.25, 0.3) is 5.76 Å². The van der Waals surface area contributed by atoms with Crippen molar-refractivity contribution in [3.8, 4) is 0 Å². The molecule has 9 heteroatoms. The minimum absolute atomic E-state index is 0.0529. The van der Waals surface area contributed by atoms with Crippen molar-refractivity contribution in [2.45, 2.75) is 18.5 Å². The summed E-state index contributed by atoms with van der Waals surface area (Å²) in [6.07, 6.45) is 1.62. The lowest BCUT2D eigenvalue weighted by atomic mass is 9.99. The first-order valence-electron chi connectivity index (χ1n) is 8.58. The van der Waals surface area contributed by atoms with Crippen molar-refractivity contribution in [2.75, 3.05) is 11.5 Å². The Labute approximate surface area is 166 Å². The first kappa shape index (κ1) is 18.8. The van der Waals surface area contributed by atoms with E-state index >= 15 is 0 Å². The molecule has 2 aromatic rings. The fraction of sp³-hybridized carbons (Fsp3) is 0.263. The molecule has 28 heavy (non-hydrogen) atoms. The van der Waals surface area contributed by atoms with E-state index in [0.29, 0.717) is 10.6 Å². The van der Waals surface area contributed by atoms with Gasteiger partial charge in [-0.3, -0.25) is 9.59 Å². The summed E-state index contributed by atoms with van der Waals surface area (Å²) in [5.41, 5.74) is 0.185. The Morgan fingerprint density at radius 3 is 2.46 bits per heavy atom. The summed E-state index contributed by atoms with van der Waals surface area (Å²) in [7, 11) is -3.29. The molecule has 2 aliphatic heterocycles. The summed E-state index contributed by atoms with van der Waals surface area (Å²) in [6.45, 7) is 0. The Bertz CT molecular complexity index is 1070. The van der Waals surface area contributed by atoms with Gasteiger partial charge in [0.2, 0.25) is 0 Å². The number of nitrogens with zero attached hydrogens (tertiary/aromatic N) is 1. The minimum atomic E-state index is -3.29. The van der Waals surface area contributed by atoms with Crippen LogP contribution in [0.5, 0.6) is 0 Å². The molecule has 146 valence electrons. The molecule has 2 aliphatic rings. The zero-order chi connectivity index (χ0) is 20.1. The molecule has 2 fully saturated rings. The standard InChI is InChI=1S/C19H16ClNO6S/c20-12-5-3-11(4-6-12)17(22)15-16(14-2-1-8-27-14)21(19(24)18(15)23)13-7-9-28(25,26)10-13/h1-6,8,13,16,22H,7,9-10H2/t13-,16+/m1/s1. The van der Waals surface area contributed by atoms with E-state index in [2.05, 4.69) is 0 Å². The highest BCUT2D eigenvalue weighted by Gasteiger charge is 2.52. The van der Waals surface area contributed by atoms with Crippen LogP contribution >= 0.6 is 11.6 Å². The number of amides is 1. The molecular weight excluding hydrogens is 406 g/mol. The number of hydrogen-bond acceptors (Lipinski definition) is 6. The number of aliphatic hydroxyl groups is 1. The summed E-state index contributed by atoms with van der Waals surface area (Å²) in [6, 6.07) is 7.70. The maximum absolute atomic E-state index is 12.8. The van der Waals surface area contributed by atoms with E-state index in [1.807, 2.05) is 0 Å². The van der Waals surface area contributed by atoms with Crippen LogP contribution in [0.15, 0.2) is 52.7 Å². The van der Waals surface area contributed by atoms with Crippen molar-refractivity contribution in [3.63, 3.8) is 0 Å². The molecule has 0 unspecified atom stereocenters. The lowest BCUT2D eigenvalue weighted by molar-refractivity contribution is -0.141. The van der Waals surface area contributed by atoms with Gasteiger partial charge in [0, 0.05) is 16.6 Å². The normalized spacial score (nSPS) is 26.1. The molecule has 0 spiro atoms. The zero-order valence-corrected chi connectivity index (χ0v) is 16.1. The maximum atomic E-state index is 12.8. The number of rotatable bonds is 3. The molecular formula is C19H16ClNO6S. The highest BCUT2D eigenvalue weighted by molar-refractivity contribution is 7.91. The van der Waals surface area contributed by atoms with E-state index < -0.39 is 33.6 Å². The number of sulfone groups is 1. The van der Waals surface area contributed by atoms with Crippen LogP contribution < -0.4 is 0 Å². The largest absolute Gasteiger partial charge is 0.507 e. The monoisotopic (exact) mass is 421 g/mol. The number of hydrogen-bond donors (Lipinski definition) is 1. The number of likely N-dealkylation sites (tertiary alicyclic amines) is 1. The van der Waals surface area contributed by atoms with Crippen LogP contribution in [0.4, 0.5) is 0 Å². The molecule has 1 amide bonds. The molecule has 0 radical (unpaired) electrons. The Hall–Kier alpha value is -2.58. The van der Waals surface area contributed by atoms with Crippen molar-refractivity contribution in [1.29, 1.82) is 0 Å². The van der Waals surface area contributed by atoms with Crippen molar-refractivity contribution in [1.82, 2.24) is 4.90 Å². The quantitative estimate of drug-likeness (QED) is 0.464. The lowest BCUT2D eigenvalue weighted by Crippen LogP contribution is -2.40. The first-order chi connectivity index (χ1) is 13.3. The third-order valence-corrected chi connectivity index (χ3v) is 7.01. The predicted molar refractivity (Wildman–Crippen MR) is 101 cm³/mol. The van der Waals surface area contributed by atoms with Gasteiger partial charge in [-0.25, -0.2) is 8.42 Å². The van der Waals surface area contributed by atoms with Gasteiger partial charge in [-0.15, -0.1) is 0 Å². The van der Waals surface area contributed by atoms with Gasteiger partial charge in [-0.2, -0.15) is 0 Å². The summed E-state index contributed by atoms with van der Waals surface area (Å²) >= 11 is 5.87. The van der Waals surface area contributed by atoms with Gasteiger partial charge in [0.1, 0.15) is 17.6 Å². The van der Waals surface area contributed by atoms with Gasteiger partial charge >= 0.3 is 0 Å². The fourth-order valence-corrected chi connectivity index (χ4v) is 5.55. The number of carbonyl (C=O) groups excluding carboxylic acids is 2. The van der Waals surface area contributed by atoms with Gasteiger partial charge in [0.15, 0.2) is 9.84 Å². The molecule has 4 rings (SSSR count). The van der Waals surface area contributed by atoms with E-state index in [4.69, 9.17) is 16.0 Å². The molecule has 1 aromatic heterocycles. The Morgan fingerprint density at radius 1 is 1.18 bits per heavy atom. The van der Waals surface area contributed by atoms with Gasteiger partial charge in [-0.05, 0) is 42.8 Å². The number of benzene rings is 1. The lowest BCUT2D eigenvalue weighted by Gasteiger charge is -2.28. The molecule has 2 atom stereocenters. The van der Waals surface area contributed by atoms with Crippen molar-refractivity contribution >= 4 is 38.9 Å². The highest BCUT2D eigenvalue weighted by atomic mass is 35.5. The smallest absolute Gasteiger partial charge is 0.296 e. The maximum Gasteiger partial charge on any atom is 0.296 e. The van der Waals surface area contributed by atoms with E-state index in [0.717, 1.165) is 0 Å². The molecule has 1 N–H and O–H groups in total. The Balaban J connectivity index is 1.86. The van der Waals surface area contributed by atoms with Gasteiger partial charge < -0.3 is 14.4 Å². The van der Waals surface area contributed by atoms with E-state index in [9.17, 15) is 23.1 Å². The summed E-state index contributed by atoms with van der Waals surface area (Å²) in [5, 5.41) is 11.3. The zero-order valence-electron chi connectivity index (χ0n) is 14.5. The number of aliphatic hydroxyl groups excluding tert-OH is 1. The molecule has 0 saturated carbocycles. The number of furan rings is 1. The average Bonchev–Trinajstić information content (AvgIpc) is 3.35. The molecule has 0 bridgehead atoms. The summed E-state index contributed by atoms with van der Waals surface area (Å²) in [4.78, 5) is 26.8. The summed E-state index contributed by atoms with van der Waals surface area (Å²) < 4.78 is 29.3. The molecule has 2 saturated heterocycles. The topological polar surface area (TPSA) is 105 Å². The van der Waals surface area contributed by atoms with Crippen LogP contribution in [0.1, 0.15) is 23.8 Å². The fourth-order valence-electron chi connectivity index (χ4n) is 3.71. The average molecular weight is 422 g/mol.